The molecule has 4 nitrogen and oxygen atoms in total. The number of nitrogens with zero attached hydrogens (tertiary/aromatic N) is 1. The Morgan fingerprint density at radius 3 is 2.86 bits per heavy atom. The first-order valence-electron chi connectivity index (χ1n) is 4.53. The molecule has 14 heavy (non-hydrogen) atoms. The molecule has 0 saturated carbocycles. The minimum atomic E-state index is -0.399. The van der Waals surface area contributed by atoms with Crippen LogP contribution in [0.5, 0.6) is 5.75 Å². The van der Waals surface area contributed by atoms with Gasteiger partial charge in [-0.1, -0.05) is 0 Å². The zero-order chi connectivity index (χ0) is 10.4. The van der Waals surface area contributed by atoms with Gasteiger partial charge in [-0.15, -0.1) is 0 Å². The van der Waals surface area contributed by atoms with E-state index < -0.39 is 5.97 Å². The van der Waals surface area contributed by atoms with Crippen LogP contribution >= 0.6 is 0 Å². The number of carbonyl (C=O) groups excluding carboxylic acids is 1. The summed E-state index contributed by atoms with van der Waals surface area (Å²) in [4.78, 5) is 15.2. The van der Waals surface area contributed by atoms with Gasteiger partial charge < -0.3 is 9.47 Å². The van der Waals surface area contributed by atoms with Crippen LogP contribution < -0.4 is 4.74 Å². The summed E-state index contributed by atoms with van der Waals surface area (Å²) in [6, 6.07) is 1.65. The largest absolute Gasteiger partial charge is 0.493 e. The van der Waals surface area contributed by atoms with Crippen LogP contribution in [0.25, 0.3) is 0 Å². The highest BCUT2D eigenvalue weighted by Gasteiger charge is 2.12. The van der Waals surface area contributed by atoms with Gasteiger partial charge in [0.15, 0.2) is 0 Å². The van der Waals surface area contributed by atoms with Crippen molar-refractivity contribution in [2.24, 2.45) is 0 Å². The van der Waals surface area contributed by atoms with Gasteiger partial charge in [0, 0.05) is 12.4 Å². The van der Waals surface area contributed by atoms with Gasteiger partial charge in [0.25, 0.3) is 0 Å². The third kappa shape index (κ3) is 2.45. The summed E-state index contributed by atoms with van der Waals surface area (Å²) >= 11 is 0. The van der Waals surface area contributed by atoms with Gasteiger partial charge in [-0.2, -0.15) is 0 Å². The zero-order valence-electron chi connectivity index (χ0n) is 8.32. The van der Waals surface area contributed by atoms with Gasteiger partial charge in [0.05, 0.1) is 13.2 Å². The molecule has 4 heteroatoms. The van der Waals surface area contributed by atoms with Crippen LogP contribution in [0, 0.1) is 0 Å². The van der Waals surface area contributed by atoms with E-state index in [2.05, 4.69) is 4.98 Å². The lowest BCUT2D eigenvalue weighted by Crippen LogP contribution is -2.08. The number of carbonyl (C=O) groups is 1. The van der Waals surface area contributed by atoms with Gasteiger partial charge in [-0.3, -0.25) is 4.98 Å². The summed E-state index contributed by atoms with van der Waals surface area (Å²) in [6.45, 7) is 4.47. The van der Waals surface area contributed by atoms with Crippen LogP contribution in [-0.4, -0.2) is 24.2 Å². The lowest BCUT2D eigenvalue weighted by molar-refractivity contribution is 0.0521. The van der Waals surface area contributed by atoms with E-state index in [0.29, 0.717) is 24.5 Å². The number of hydrogen-bond donors (Lipinski definition) is 0. The van der Waals surface area contributed by atoms with Gasteiger partial charge >= 0.3 is 5.97 Å². The fourth-order valence-electron chi connectivity index (χ4n) is 1.03. The summed E-state index contributed by atoms with van der Waals surface area (Å²) < 4.78 is 10.1. The molecule has 1 rings (SSSR count). The lowest BCUT2D eigenvalue weighted by atomic mass is 10.2. The van der Waals surface area contributed by atoms with Crippen LogP contribution in [-0.2, 0) is 4.74 Å². The average Bonchev–Trinajstić information content (AvgIpc) is 2.19. The Balaban J connectivity index is 2.88. The van der Waals surface area contributed by atoms with Crippen molar-refractivity contribution in [3.8, 4) is 5.75 Å². The Labute approximate surface area is 82.9 Å². The predicted octanol–water partition coefficient (Wildman–Crippen LogP) is 1.66. The van der Waals surface area contributed by atoms with Crippen LogP contribution in [0.2, 0.25) is 0 Å². The third-order valence-corrected chi connectivity index (χ3v) is 1.58. The standard InChI is InChI=1S/C10H13NO3/c1-3-13-9-5-6-11-7-8(9)10(12)14-4-2/h5-7H,3-4H2,1-2H3. The molecule has 0 aliphatic rings. The molecule has 0 aromatic carbocycles. The minimum absolute atomic E-state index is 0.347. The fraction of sp³-hybridized carbons (Fsp3) is 0.400. The third-order valence-electron chi connectivity index (χ3n) is 1.58. The average molecular weight is 195 g/mol. The topological polar surface area (TPSA) is 48.4 Å². The van der Waals surface area contributed by atoms with Crippen molar-refractivity contribution < 1.29 is 14.3 Å². The molecule has 0 spiro atoms. The van der Waals surface area contributed by atoms with E-state index in [4.69, 9.17) is 9.47 Å². The normalized spacial score (nSPS) is 9.57. The van der Waals surface area contributed by atoms with Gasteiger partial charge in [-0.05, 0) is 19.9 Å². The number of ether oxygens (including phenoxy) is 2. The first kappa shape index (κ1) is 10.5. The quantitative estimate of drug-likeness (QED) is 0.685. The Morgan fingerprint density at radius 2 is 2.21 bits per heavy atom. The van der Waals surface area contributed by atoms with E-state index in [1.807, 2.05) is 6.92 Å². The number of aromatic nitrogens is 1. The van der Waals surface area contributed by atoms with Crippen LogP contribution in [0.3, 0.4) is 0 Å². The molecule has 0 bridgehead atoms. The molecule has 76 valence electrons. The molecule has 1 aromatic rings. The second kappa shape index (κ2) is 5.21. The molecule has 1 heterocycles. The summed E-state index contributed by atoms with van der Waals surface area (Å²) in [5.74, 6) is 0.116. The molecule has 0 unspecified atom stereocenters. The van der Waals surface area contributed by atoms with Crippen molar-refractivity contribution in [3.05, 3.63) is 24.0 Å². The van der Waals surface area contributed by atoms with Crippen molar-refractivity contribution in [2.75, 3.05) is 13.2 Å². The zero-order valence-corrected chi connectivity index (χ0v) is 8.32. The number of esters is 1. The Bertz CT molecular complexity index is 312. The summed E-state index contributed by atoms with van der Waals surface area (Å²) in [5, 5.41) is 0. The van der Waals surface area contributed by atoms with Gasteiger partial charge in [0.1, 0.15) is 11.3 Å². The second-order valence-corrected chi connectivity index (χ2v) is 2.53. The van der Waals surface area contributed by atoms with E-state index in [-0.39, 0.29) is 0 Å². The van der Waals surface area contributed by atoms with Crippen molar-refractivity contribution in [2.45, 2.75) is 13.8 Å². The second-order valence-electron chi connectivity index (χ2n) is 2.53. The summed E-state index contributed by atoms with van der Waals surface area (Å²) in [5.41, 5.74) is 0.371. The smallest absolute Gasteiger partial charge is 0.343 e. The van der Waals surface area contributed by atoms with Crippen LogP contribution in [0.4, 0.5) is 0 Å². The maximum atomic E-state index is 11.4. The maximum Gasteiger partial charge on any atom is 0.343 e. The summed E-state index contributed by atoms with van der Waals surface area (Å²) in [7, 11) is 0. The first-order chi connectivity index (χ1) is 6.79. The van der Waals surface area contributed by atoms with Crippen molar-refractivity contribution in [3.63, 3.8) is 0 Å². The molecule has 0 radical (unpaired) electrons. The Kier molecular flexibility index (Phi) is 3.91. The summed E-state index contributed by atoms with van der Waals surface area (Å²) in [6.07, 6.45) is 3.02. The predicted molar refractivity (Wildman–Crippen MR) is 51.4 cm³/mol. The van der Waals surface area contributed by atoms with E-state index in [1.165, 1.54) is 6.20 Å². The van der Waals surface area contributed by atoms with E-state index in [1.54, 1.807) is 19.2 Å². The number of hydrogen-bond acceptors (Lipinski definition) is 4. The molecular weight excluding hydrogens is 182 g/mol. The fourth-order valence-corrected chi connectivity index (χ4v) is 1.03. The molecular formula is C10H13NO3. The molecule has 0 amide bonds. The Hall–Kier alpha value is -1.58. The van der Waals surface area contributed by atoms with Crippen molar-refractivity contribution in [1.29, 1.82) is 0 Å². The molecule has 0 fully saturated rings. The molecule has 0 aliphatic heterocycles. The van der Waals surface area contributed by atoms with Crippen molar-refractivity contribution in [1.82, 2.24) is 4.98 Å². The lowest BCUT2D eigenvalue weighted by Gasteiger charge is -2.07. The number of rotatable bonds is 4. The minimum Gasteiger partial charge on any atom is -0.493 e. The molecule has 0 N–H and O–H groups in total. The van der Waals surface area contributed by atoms with Gasteiger partial charge in [0.2, 0.25) is 0 Å². The van der Waals surface area contributed by atoms with Crippen molar-refractivity contribution >= 4 is 5.97 Å². The number of pyridine rings is 1. The monoisotopic (exact) mass is 195 g/mol. The van der Waals surface area contributed by atoms with Crippen LogP contribution in [0.1, 0.15) is 24.2 Å². The highest BCUT2D eigenvalue weighted by molar-refractivity contribution is 5.92. The van der Waals surface area contributed by atoms with E-state index in [0.717, 1.165) is 0 Å². The molecule has 0 aliphatic carbocycles. The van der Waals surface area contributed by atoms with E-state index in [9.17, 15) is 4.79 Å². The highest BCUT2D eigenvalue weighted by atomic mass is 16.5. The molecule has 0 atom stereocenters. The highest BCUT2D eigenvalue weighted by Crippen LogP contribution is 2.17. The molecule has 0 saturated heterocycles. The maximum absolute atomic E-state index is 11.4. The van der Waals surface area contributed by atoms with Crippen LogP contribution in [0.15, 0.2) is 18.5 Å². The van der Waals surface area contributed by atoms with Gasteiger partial charge in [-0.25, -0.2) is 4.79 Å². The SMILES string of the molecule is CCOC(=O)c1cnccc1OCC. The first-order valence-corrected chi connectivity index (χ1v) is 4.53. The Morgan fingerprint density at radius 1 is 1.43 bits per heavy atom. The van der Waals surface area contributed by atoms with E-state index >= 15 is 0 Å². The molecule has 1 aromatic heterocycles.